The molecule has 0 aliphatic rings. The van der Waals surface area contributed by atoms with Crippen LogP contribution in [0.25, 0.3) is 0 Å². The molecule has 0 aliphatic heterocycles. The minimum atomic E-state index is -1.75. The Morgan fingerprint density at radius 2 is 1.77 bits per heavy atom. The van der Waals surface area contributed by atoms with Crippen molar-refractivity contribution in [2.24, 2.45) is 0 Å². The van der Waals surface area contributed by atoms with Crippen LogP contribution in [0.1, 0.15) is 41.8 Å². The molecule has 1 atom stereocenters. The molecule has 1 unspecified atom stereocenters. The topological polar surface area (TPSA) is 55.4 Å². The lowest BCUT2D eigenvalue weighted by Gasteiger charge is -2.26. The molecule has 166 valence electrons. The number of hydrogen-bond acceptors (Lipinski definition) is 4. The molecule has 0 saturated carbocycles. The monoisotopic (exact) mass is 499 g/mol. The van der Waals surface area contributed by atoms with Crippen LogP contribution >= 0.6 is 47.0 Å². The van der Waals surface area contributed by atoms with Gasteiger partial charge in [-0.05, 0) is 42.7 Å². The zero-order chi connectivity index (χ0) is 23.0. The predicted molar refractivity (Wildman–Crippen MR) is 131 cm³/mol. The third-order valence-electron chi connectivity index (χ3n) is 4.59. The largest absolute Gasteiger partial charge is 0.486 e. The lowest BCUT2D eigenvalue weighted by molar-refractivity contribution is -0.121. The molecule has 2 rings (SSSR count). The number of ether oxygens (including phenoxy) is 1. The first-order valence-electron chi connectivity index (χ1n) is 9.78. The molecule has 1 N–H and O–H groups in total. The van der Waals surface area contributed by atoms with E-state index in [1.165, 1.54) is 12.5 Å². The molecule has 0 bridgehead atoms. The van der Waals surface area contributed by atoms with Gasteiger partial charge in [0, 0.05) is 18.4 Å². The second kappa shape index (κ2) is 11.8. The highest BCUT2D eigenvalue weighted by atomic mass is 35.6. The van der Waals surface area contributed by atoms with E-state index in [4.69, 9.17) is 51.8 Å². The van der Waals surface area contributed by atoms with Gasteiger partial charge in [0.2, 0.25) is 3.79 Å². The van der Waals surface area contributed by atoms with Crippen LogP contribution in [-0.2, 0) is 17.6 Å². The molecular formula is C23H24Cl3NO3S. The molecule has 0 fully saturated rings. The number of halogens is 3. The molecule has 0 spiro atoms. The summed E-state index contributed by atoms with van der Waals surface area (Å²) in [5.74, 6) is 0.337. The van der Waals surface area contributed by atoms with E-state index in [1.807, 2.05) is 30.3 Å². The second-order valence-corrected chi connectivity index (χ2v) is 9.99. The Balaban J connectivity index is 1.94. The minimum Gasteiger partial charge on any atom is -0.486 e. The lowest BCUT2D eigenvalue weighted by atomic mass is 10.1. The van der Waals surface area contributed by atoms with Gasteiger partial charge in [-0.2, -0.15) is 0 Å². The molecule has 8 heteroatoms. The Kier molecular flexibility index (Phi) is 9.76. The van der Waals surface area contributed by atoms with Gasteiger partial charge in [-0.3, -0.25) is 9.59 Å². The maximum Gasteiger partial charge on any atom is 0.210 e. The third kappa shape index (κ3) is 8.77. The highest BCUT2D eigenvalue weighted by molar-refractivity contribution is 7.80. The van der Waals surface area contributed by atoms with E-state index in [0.717, 1.165) is 12.0 Å². The number of hydrogen-bond donors (Lipinski definition) is 1. The predicted octanol–water partition coefficient (Wildman–Crippen LogP) is 5.69. The number of nitrogens with one attached hydrogen (secondary N) is 1. The number of Topliss-reactive ketones (excluding diaryl/α,β-unsaturated/α-hetero) is 2. The first-order chi connectivity index (χ1) is 14.6. The van der Waals surface area contributed by atoms with Gasteiger partial charge < -0.3 is 10.1 Å². The highest BCUT2D eigenvalue weighted by Gasteiger charge is 2.34. The Morgan fingerprint density at radius 3 is 2.35 bits per heavy atom. The Labute approximate surface area is 203 Å². The van der Waals surface area contributed by atoms with E-state index in [1.54, 1.807) is 18.2 Å². The van der Waals surface area contributed by atoms with Gasteiger partial charge >= 0.3 is 0 Å². The maximum atomic E-state index is 12.4. The van der Waals surface area contributed by atoms with Crippen molar-refractivity contribution in [2.75, 3.05) is 6.61 Å². The third-order valence-corrected chi connectivity index (χ3v) is 5.64. The fraction of sp³-hybridized carbons (Fsp3) is 0.348. The van der Waals surface area contributed by atoms with Crippen molar-refractivity contribution in [1.82, 2.24) is 5.32 Å². The van der Waals surface area contributed by atoms with Crippen molar-refractivity contribution in [1.29, 1.82) is 0 Å². The minimum absolute atomic E-state index is 0.0326. The van der Waals surface area contributed by atoms with Gasteiger partial charge in [0.15, 0.2) is 11.6 Å². The number of alkyl halides is 3. The van der Waals surface area contributed by atoms with Gasteiger partial charge in [-0.15, -0.1) is 0 Å². The van der Waals surface area contributed by atoms with E-state index in [0.29, 0.717) is 22.7 Å². The van der Waals surface area contributed by atoms with Crippen molar-refractivity contribution in [3.8, 4) is 5.75 Å². The zero-order valence-electron chi connectivity index (χ0n) is 17.3. The number of rotatable bonds is 10. The summed E-state index contributed by atoms with van der Waals surface area (Å²) in [6, 6.07) is 13.9. The molecule has 0 amide bonds. The number of carbonyl (C=O) groups is 2. The fourth-order valence-corrected chi connectivity index (χ4v) is 3.56. The average Bonchev–Trinajstić information content (AvgIpc) is 2.71. The van der Waals surface area contributed by atoms with Crippen LogP contribution in [0.4, 0.5) is 0 Å². The van der Waals surface area contributed by atoms with Crippen molar-refractivity contribution >= 4 is 63.6 Å². The van der Waals surface area contributed by atoms with E-state index in [2.05, 4.69) is 12.2 Å². The van der Waals surface area contributed by atoms with Crippen LogP contribution in [0.3, 0.4) is 0 Å². The summed E-state index contributed by atoms with van der Waals surface area (Å²) in [5, 5.41) is 2.97. The average molecular weight is 501 g/mol. The Bertz CT molecular complexity index is 926. The summed E-state index contributed by atoms with van der Waals surface area (Å²) in [7, 11) is 0. The van der Waals surface area contributed by atoms with E-state index >= 15 is 0 Å². The zero-order valence-corrected chi connectivity index (χ0v) is 20.4. The van der Waals surface area contributed by atoms with Gasteiger partial charge in [0.25, 0.3) is 0 Å². The number of benzene rings is 2. The summed E-state index contributed by atoms with van der Waals surface area (Å²) in [4.78, 5) is 24.4. The first kappa shape index (κ1) is 25.6. The summed E-state index contributed by atoms with van der Waals surface area (Å²) >= 11 is 23.6. The molecule has 2 aromatic carbocycles. The lowest BCUT2D eigenvalue weighted by Crippen LogP contribution is -2.45. The van der Waals surface area contributed by atoms with Crippen LogP contribution in [0, 0.1) is 0 Å². The van der Waals surface area contributed by atoms with Gasteiger partial charge in [0.05, 0.1) is 11.0 Å². The fourth-order valence-electron chi connectivity index (χ4n) is 2.85. The van der Waals surface area contributed by atoms with E-state index < -0.39 is 9.83 Å². The Hall–Kier alpha value is -1.66. The normalized spacial score (nSPS) is 12.2. The van der Waals surface area contributed by atoms with Crippen molar-refractivity contribution in [2.45, 2.75) is 42.9 Å². The number of aryl methyl sites for hydroxylation is 1. The smallest absolute Gasteiger partial charge is 0.210 e. The summed E-state index contributed by atoms with van der Waals surface area (Å²) < 4.78 is 3.80. The number of carbonyl (C=O) groups excluding carboxylic acids is 2. The molecule has 0 aliphatic carbocycles. The molecule has 31 heavy (non-hydrogen) atoms. The van der Waals surface area contributed by atoms with Crippen molar-refractivity contribution in [3.63, 3.8) is 0 Å². The SMILES string of the molecule is CCc1ccc(OCC(=O)CC(NC(=S)Cc2cccc(C(C)=O)c2)C(Cl)(Cl)Cl)cc1. The summed E-state index contributed by atoms with van der Waals surface area (Å²) in [5.41, 5.74) is 2.62. The van der Waals surface area contributed by atoms with Crippen LogP contribution in [0.5, 0.6) is 5.75 Å². The summed E-state index contributed by atoms with van der Waals surface area (Å²) in [6.07, 6.45) is 1.20. The van der Waals surface area contributed by atoms with Crippen molar-refractivity contribution < 1.29 is 14.3 Å². The molecule has 2 aromatic rings. The van der Waals surface area contributed by atoms with Crippen LogP contribution < -0.4 is 10.1 Å². The second-order valence-electron chi connectivity index (χ2n) is 7.12. The number of ketones is 2. The van der Waals surface area contributed by atoms with Crippen molar-refractivity contribution in [3.05, 3.63) is 65.2 Å². The highest BCUT2D eigenvalue weighted by Crippen LogP contribution is 2.32. The van der Waals surface area contributed by atoms with Gasteiger partial charge in [-0.1, -0.05) is 84.3 Å². The van der Waals surface area contributed by atoms with Crippen LogP contribution in [0.2, 0.25) is 0 Å². The van der Waals surface area contributed by atoms with Crippen LogP contribution in [-0.4, -0.2) is 33.0 Å². The van der Waals surface area contributed by atoms with E-state index in [-0.39, 0.29) is 24.6 Å². The molecule has 4 nitrogen and oxygen atoms in total. The van der Waals surface area contributed by atoms with Gasteiger partial charge in [-0.25, -0.2) is 0 Å². The standard InChI is InChI=1S/C23H24Cl3NO3S/c1-3-16-7-9-20(10-8-16)30-14-19(29)13-21(23(24,25)26)27-22(31)12-17-5-4-6-18(11-17)15(2)28/h4-11,21H,3,12-14H2,1-2H3,(H,27,31). The molecule has 0 saturated heterocycles. The molecular weight excluding hydrogens is 477 g/mol. The maximum absolute atomic E-state index is 12.4. The molecule has 0 radical (unpaired) electrons. The first-order valence-corrected chi connectivity index (χ1v) is 11.3. The Morgan fingerprint density at radius 1 is 1.10 bits per heavy atom. The van der Waals surface area contributed by atoms with E-state index in [9.17, 15) is 9.59 Å². The summed E-state index contributed by atoms with van der Waals surface area (Å²) in [6.45, 7) is 3.42. The number of thiocarbonyl (C=S) groups is 1. The van der Waals surface area contributed by atoms with Crippen LogP contribution in [0.15, 0.2) is 48.5 Å². The quantitative estimate of drug-likeness (QED) is 0.258. The molecule has 0 heterocycles. The molecule has 0 aromatic heterocycles. The van der Waals surface area contributed by atoms with Gasteiger partial charge in [0.1, 0.15) is 12.4 Å².